The van der Waals surface area contributed by atoms with Crippen molar-refractivity contribution in [3.8, 4) is 12.3 Å². The number of Topliss-reactive ketones (excluding diaryl/α,β-unsaturated/α-hetero) is 1. The lowest BCUT2D eigenvalue weighted by Gasteiger charge is -2.48. The molecule has 0 spiro atoms. The van der Waals surface area contributed by atoms with E-state index in [4.69, 9.17) is 6.42 Å². The van der Waals surface area contributed by atoms with Crippen LogP contribution in [0, 0.1) is 35.5 Å². The van der Waals surface area contributed by atoms with Gasteiger partial charge in [-0.15, -0.1) is 6.42 Å². The number of carbonyl (C=O) groups excluding carboxylic acids is 5. The van der Waals surface area contributed by atoms with Crippen molar-refractivity contribution < 1.29 is 32.4 Å². The Hall–Kier alpha value is -3.14. The van der Waals surface area contributed by atoms with Crippen LogP contribution in [0.15, 0.2) is 0 Å². The zero-order chi connectivity index (χ0) is 38.5. The van der Waals surface area contributed by atoms with Gasteiger partial charge in [0.05, 0.1) is 28.6 Å². The summed E-state index contributed by atoms with van der Waals surface area (Å²) in [6.45, 7) is 11.3. The molecule has 12 nitrogen and oxygen atoms in total. The van der Waals surface area contributed by atoms with Crippen molar-refractivity contribution in [3.63, 3.8) is 0 Å². The van der Waals surface area contributed by atoms with Crippen LogP contribution < -0.4 is 21.3 Å². The number of ketones is 1. The molecule has 4 atom stereocenters. The molecule has 4 fully saturated rings. The third kappa shape index (κ3) is 10.5. The zero-order valence-corrected chi connectivity index (χ0v) is 33.1. The molecule has 52 heavy (non-hydrogen) atoms. The second kappa shape index (κ2) is 16.9. The highest BCUT2D eigenvalue weighted by molar-refractivity contribution is 7.92. The number of rotatable bonds is 13. The summed E-state index contributed by atoms with van der Waals surface area (Å²) in [4.78, 5) is 70.5. The normalized spacial score (nSPS) is 24.8. The first-order valence-electron chi connectivity index (χ1n) is 19.5. The van der Waals surface area contributed by atoms with Crippen molar-refractivity contribution in [2.75, 3.05) is 18.8 Å². The van der Waals surface area contributed by atoms with Gasteiger partial charge >= 0.3 is 6.03 Å². The smallest absolute Gasteiger partial charge is 0.315 e. The number of amides is 5. The zero-order valence-electron chi connectivity index (χ0n) is 32.3. The Morgan fingerprint density at radius 2 is 1.54 bits per heavy atom. The van der Waals surface area contributed by atoms with Crippen LogP contribution in [0.4, 0.5) is 4.79 Å². The summed E-state index contributed by atoms with van der Waals surface area (Å²) in [7, 11) is -3.57. The van der Waals surface area contributed by atoms with Gasteiger partial charge in [0.2, 0.25) is 17.6 Å². The van der Waals surface area contributed by atoms with Crippen LogP contribution in [0.3, 0.4) is 0 Å². The lowest BCUT2D eigenvalue weighted by Crippen LogP contribution is -2.65. The van der Waals surface area contributed by atoms with Crippen LogP contribution in [0.5, 0.6) is 0 Å². The Morgan fingerprint density at radius 1 is 0.923 bits per heavy atom. The predicted octanol–water partition coefficient (Wildman–Crippen LogP) is 4.02. The van der Waals surface area contributed by atoms with E-state index in [1.54, 1.807) is 25.7 Å². The van der Waals surface area contributed by atoms with Crippen LogP contribution in [0.25, 0.3) is 0 Å². The number of terminal acetylenes is 1. The van der Waals surface area contributed by atoms with Gasteiger partial charge in [0.15, 0.2) is 9.84 Å². The molecule has 292 valence electrons. The van der Waals surface area contributed by atoms with Gasteiger partial charge < -0.3 is 26.2 Å². The molecule has 3 aliphatic carbocycles. The van der Waals surface area contributed by atoms with E-state index >= 15 is 0 Å². The summed E-state index contributed by atoms with van der Waals surface area (Å²) in [5.74, 6) is -0.293. The second-order valence-corrected chi connectivity index (χ2v) is 20.5. The van der Waals surface area contributed by atoms with Crippen molar-refractivity contribution in [2.24, 2.45) is 23.2 Å². The summed E-state index contributed by atoms with van der Waals surface area (Å²) in [5, 5.41) is 11.3. The first kappa shape index (κ1) is 41.6. The monoisotopic (exact) mass is 745 g/mol. The van der Waals surface area contributed by atoms with E-state index in [1.807, 2.05) is 6.92 Å². The van der Waals surface area contributed by atoms with Crippen LogP contribution in [0.2, 0.25) is 0 Å². The van der Waals surface area contributed by atoms with E-state index in [9.17, 15) is 32.4 Å². The van der Waals surface area contributed by atoms with Gasteiger partial charge in [-0.3, -0.25) is 19.2 Å². The maximum absolute atomic E-state index is 14.8. The second-order valence-electron chi connectivity index (χ2n) is 17.8. The number of hydrogen-bond acceptors (Lipinski definition) is 7. The van der Waals surface area contributed by atoms with E-state index in [1.165, 1.54) is 0 Å². The molecule has 4 N–H and O–H groups in total. The van der Waals surface area contributed by atoms with Crippen molar-refractivity contribution in [3.05, 3.63) is 0 Å². The fourth-order valence-corrected chi connectivity index (χ4v) is 9.60. The maximum atomic E-state index is 14.8. The molecule has 0 aromatic rings. The number of carbonyl (C=O) groups is 5. The highest BCUT2D eigenvalue weighted by atomic mass is 32.2. The van der Waals surface area contributed by atoms with Crippen LogP contribution in [-0.4, -0.2) is 90.1 Å². The molecule has 4 rings (SSSR count). The highest BCUT2D eigenvalue weighted by Crippen LogP contribution is 2.40. The van der Waals surface area contributed by atoms with E-state index in [2.05, 4.69) is 41.0 Å². The maximum Gasteiger partial charge on any atom is 0.315 e. The molecule has 1 aliphatic heterocycles. The summed E-state index contributed by atoms with van der Waals surface area (Å²) in [6, 6.07) is -3.48. The first-order chi connectivity index (χ1) is 24.3. The topological polar surface area (TPSA) is 171 Å². The van der Waals surface area contributed by atoms with E-state index in [-0.39, 0.29) is 47.9 Å². The average molecular weight is 746 g/mol. The molecule has 0 aromatic carbocycles. The van der Waals surface area contributed by atoms with Gasteiger partial charge in [0, 0.05) is 6.54 Å². The number of piperidine rings is 1. The van der Waals surface area contributed by atoms with Gasteiger partial charge in [-0.1, -0.05) is 78.1 Å². The molecular formula is C39H63N5O7S. The largest absolute Gasteiger partial charge is 0.344 e. The van der Waals surface area contributed by atoms with Crippen molar-refractivity contribution >= 4 is 39.4 Å². The van der Waals surface area contributed by atoms with Gasteiger partial charge in [0.1, 0.15) is 12.1 Å². The van der Waals surface area contributed by atoms with Crippen LogP contribution >= 0.6 is 0 Å². The molecule has 1 saturated heterocycles. The van der Waals surface area contributed by atoms with Crippen molar-refractivity contribution in [2.45, 2.75) is 160 Å². The fourth-order valence-electron chi connectivity index (χ4n) is 8.08. The van der Waals surface area contributed by atoms with Crippen LogP contribution in [-0.2, 0) is 29.0 Å². The third-order valence-electron chi connectivity index (χ3n) is 12.2. The van der Waals surface area contributed by atoms with E-state index < -0.39 is 61.9 Å². The van der Waals surface area contributed by atoms with Crippen LogP contribution in [0.1, 0.15) is 131 Å². The number of nitrogens with one attached hydrogen (secondary N) is 4. The summed E-state index contributed by atoms with van der Waals surface area (Å²) >= 11 is 0. The first-order valence-corrected chi connectivity index (χ1v) is 21.1. The van der Waals surface area contributed by atoms with E-state index in [0.29, 0.717) is 25.7 Å². The quantitative estimate of drug-likeness (QED) is 0.163. The standard InChI is InChI=1S/C39H63N5O7S/c1-8-21-40-34(47)32(45)29(22-27-17-18-27)41-33(46)30-23-38(6,7)26(2)24-44(30)35(48)31(28-15-11-9-12-16-28)42-36(49)43-39(19-13-10-14-20-39)25-52(50,51)37(3,4)5/h1,26-31H,9-25H2,2-7H3,(H,40,47)(H,41,46)(H2,42,43,49)/t26?,29?,30-,31-/m0/s1. The Labute approximate surface area is 311 Å². The Morgan fingerprint density at radius 3 is 2.12 bits per heavy atom. The molecule has 5 amide bonds. The SMILES string of the molecule is C#CCNC(=O)C(=O)C(CC1CC1)NC(=O)[C@@H]1CC(C)(C)C(C)CN1C(=O)[C@@H](NC(=O)NC1(CS(=O)(=O)C(C)(C)C)CCCCC1)C1CCCCC1. The van der Waals surface area contributed by atoms with Gasteiger partial charge in [-0.25, -0.2) is 13.2 Å². The van der Waals surface area contributed by atoms with E-state index in [0.717, 1.165) is 64.2 Å². The molecule has 13 heteroatoms. The Kier molecular flexibility index (Phi) is 13.5. The predicted molar refractivity (Wildman–Crippen MR) is 201 cm³/mol. The van der Waals surface area contributed by atoms with Gasteiger partial charge in [-0.05, 0) is 82.5 Å². The minimum atomic E-state index is -3.57. The molecular weight excluding hydrogens is 683 g/mol. The number of sulfone groups is 1. The molecule has 0 aromatic heterocycles. The number of likely N-dealkylation sites (tertiary alicyclic amines) is 1. The number of urea groups is 1. The number of hydrogen-bond donors (Lipinski definition) is 4. The lowest BCUT2D eigenvalue weighted by molar-refractivity contribution is -0.151. The average Bonchev–Trinajstić information content (AvgIpc) is 3.90. The van der Waals surface area contributed by atoms with Gasteiger partial charge in [-0.2, -0.15) is 0 Å². The Balaban J connectivity index is 1.60. The molecule has 0 radical (unpaired) electrons. The lowest BCUT2D eigenvalue weighted by atomic mass is 9.71. The summed E-state index contributed by atoms with van der Waals surface area (Å²) < 4.78 is 25.8. The Bertz CT molecular complexity index is 1480. The minimum Gasteiger partial charge on any atom is -0.344 e. The summed E-state index contributed by atoms with van der Waals surface area (Å²) in [6.07, 6.45) is 15.6. The fraction of sp³-hybridized carbons (Fsp3) is 0.821. The molecule has 1 heterocycles. The molecule has 4 aliphatic rings. The molecule has 3 saturated carbocycles. The minimum absolute atomic E-state index is 0.0212. The summed E-state index contributed by atoms with van der Waals surface area (Å²) in [5.41, 5.74) is -1.27. The van der Waals surface area contributed by atoms with Crippen molar-refractivity contribution in [1.82, 2.24) is 26.2 Å². The third-order valence-corrected chi connectivity index (χ3v) is 15.0. The number of nitrogens with zero attached hydrogens (tertiary/aromatic N) is 1. The van der Waals surface area contributed by atoms with Gasteiger partial charge in [0.25, 0.3) is 5.91 Å². The molecule has 0 bridgehead atoms. The van der Waals surface area contributed by atoms with Crippen molar-refractivity contribution in [1.29, 1.82) is 0 Å². The molecule has 2 unspecified atom stereocenters. The highest BCUT2D eigenvalue weighted by Gasteiger charge is 2.48.